The van der Waals surface area contributed by atoms with Crippen molar-refractivity contribution in [2.75, 3.05) is 52.4 Å². The van der Waals surface area contributed by atoms with Crippen LogP contribution < -0.4 is 0 Å². The Kier molecular flexibility index (Phi) is 7.20. The fourth-order valence-electron chi connectivity index (χ4n) is 4.86. The first-order chi connectivity index (χ1) is 15.9. The van der Waals surface area contributed by atoms with Gasteiger partial charge in [0.25, 0.3) is 0 Å². The number of benzene rings is 1. The van der Waals surface area contributed by atoms with Crippen molar-refractivity contribution in [2.24, 2.45) is 5.92 Å². The first-order valence-corrected chi connectivity index (χ1v) is 13.2. The van der Waals surface area contributed by atoms with E-state index in [1.807, 2.05) is 20.8 Å². The minimum atomic E-state index is -3.64. The lowest BCUT2D eigenvalue weighted by Gasteiger charge is -2.40. The zero-order valence-corrected chi connectivity index (χ0v) is 19.7. The van der Waals surface area contributed by atoms with Gasteiger partial charge >= 0.3 is 6.03 Å². The summed E-state index contributed by atoms with van der Waals surface area (Å²) in [6.07, 6.45) is 4.27. The third-order valence-electron chi connectivity index (χ3n) is 6.91. The molecule has 0 radical (unpaired) electrons. The van der Waals surface area contributed by atoms with Gasteiger partial charge in [0.05, 0.1) is 16.5 Å². The minimum Gasteiger partial charge on any atom is -0.339 e. The Morgan fingerprint density at radius 2 is 1.33 bits per heavy atom. The van der Waals surface area contributed by atoms with Crippen LogP contribution >= 0.6 is 0 Å². The molecule has 0 N–H and O–H groups in total. The summed E-state index contributed by atoms with van der Waals surface area (Å²) in [5.74, 6) is -0.128. The summed E-state index contributed by atoms with van der Waals surface area (Å²) in [7, 11) is -3.64. The number of piperazine rings is 1. The number of piperidine rings is 2. The van der Waals surface area contributed by atoms with E-state index in [0.29, 0.717) is 57.7 Å². The summed E-state index contributed by atoms with van der Waals surface area (Å²) in [6, 6.07) is 7.98. The largest absolute Gasteiger partial charge is 0.339 e. The van der Waals surface area contributed by atoms with Gasteiger partial charge in [-0.05, 0) is 56.4 Å². The van der Waals surface area contributed by atoms with Crippen molar-refractivity contribution in [3.05, 3.63) is 29.8 Å². The average molecular weight is 474 g/mol. The zero-order valence-electron chi connectivity index (χ0n) is 18.9. The van der Waals surface area contributed by atoms with Crippen LogP contribution in [0.25, 0.3) is 0 Å². The van der Waals surface area contributed by atoms with Crippen LogP contribution in [0.2, 0.25) is 0 Å². The number of carbonyl (C=O) groups is 2. The normalized spacial score (nSPS) is 21.0. The quantitative estimate of drug-likeness (QED) is 0.665. The maximum atomic E-state index is 13.0. The van der Waals surface area contributed by atoms with E-state index in [1.165, 1.54) is 35.0 Å². The van der Waals surface area contributed by atoms with Crippen LogP contribution in [0, 0.1) is 17.2 Å². The molecule has 3 heterocycles. The van der Waals surface area contributed by atoms with Crippen molar-refractivity contribution in [1.29, 1.82) is 5.26 Å². The highest BCUT2D eigenvalue weighted by atomic mass is 32.2. The Labute approximate surface area is 195 Å². The van der Waals surface area contributed by atoms with Crippen LogP contribution in [0.1, 0.15) is 37.7 Å². The molecule has 0 aromatic heterocycles. The van der Waals surface area contributed by atoms with Crippen molar-refractivity contribution in [1.82, 2.24) is 19.0 Å². The van der Waals surface area contributed by atoms with Crippen molar-refractivity contribution >= 4 is 22.0 Å². The molecule has 1 aromatic carbocycles. The molecule has 0 saturated carbocycles. The predicted molar refractivity (Wildman–Crippen MR) is 122 cm³/mol. The van der Waals surface area contributed by atoms with Crippen LogP contribution in [-0.2, 0) is 14.8 Å². The van der Waals surface area contributed by atoms with Crippen molar-refractivity contribution in [3.8, 4) is 6.07 Å². The van der Waals surface area contributed by atoms with Gasteiger partial charge in [-0.1, -0.05) is 0 Å². The Morgan fingerprint density at radius 3 is 1.91 bits per heavy atom. The molecule has 3 amide bonds. The second-order valence-electron chi connectivity index (χ2n) is 8.96. The van der Waals surface area contributed by atoms with E-state index in [-0.39, 0.29) is 22.8 Å². The van der Waals surface area contributed by atoms with Crippen LogP contribution in [0.15, 0.2) is 29.2 Å². The zero-order chi connectivity index (χ0) is 23.4. The van der Waals surface area contributed by atoms with Gasteiger partial charge < -0.3 is 14.7 Å². The van der Waals surface area contributed by atoms with E-state index in [1.54, 1.807) is 0 Å². The monoisotopic (exact) mass is 473 g/mol. The number of nitrogens with zero attached hydrogens (tertiary/aromatic N) is 5. The third kappa shape index (κ3) is 5.14. The van der Waals surface area contributed by atoms with Gasteiger partial charge in [0, 0.05) is 58.3 Å². The van der Waals surface area contributed by atoms with Crippen LogP contribution in [-0.4, -0.2) is 91.7 Å². The first-order valence-electron chi connectivity index (χ1n) is 11.7. The molecule has 1 aromatic rings. The van der Waals surface area contributed by atoms with Crippen LogP contribution in [0.4, 0.5) is 4.79 Å². The number of hydrogen-bond donors (Lipinski definition) is 0. The fourth-order valence-corrected chi connectivity index (χ4v) is 6.32. The van der Waals surface area contributed by atoms with E-state index < -0.39 is 10.0 Å². The van der Waals surface area contributed by atoms with Gasteiger partial charge in [-0.3, -0.25) is 4.79 Å². The molecule has 3 saturated heterocycles. The molecular formula is C23H31N5O4S. The highest BCUT2D eigenvalue weighted by molar-refractivity contribution is 7.89. The van der Waals surface area contributed by atoms with Crippen molar-refractivity contribution in [2.45, 2.75) is 37.0 Å². The minimum absolute atomic E-state index is 0.0653. The molecule has 0 aliphatic carbocycles. The van der Waals surface area contributed by atoms with Crippen LogP contribution in [0.5, 0.6) is 0 Å². The van der Waals surface area contributed by atoms with Gasteiger partial charge in [-0.2, -0.15) is 9.57 Å². The van der Waals surface area contributed by atoms with Gasteiger partial charge in [-0.25, -0.2) is 13.2 Å². The molecule has 3 fully saturated rings. The highest BCUT2D eigenvalue weighted by Crippen LogP contribution is 2.26. The van der Waals surface area contributed by atoms with E-state index >= 15 is 0 Å². The Hall–Kier alpha value is -2.64. The summed E-state index contributed by atoms with van der Waals surface area (Å²) in [6.45, 7) is 4.40. The molecule has 33 heavy (non-hydrogen) atoms. The maximum absolute atomic E-state index is 13.0. The standard InChI is InChI=1S/C23H31N5O4S/c24-18-19-4-6-21(7-5-19)33(31,32)28-12-8-20(9-13-28)22(29)25-14-16-27(17-15-25)23(30)26-10-2-1-3-11-26/h4-7,20H,1-3,8-17H2. The number of carbonyl (C=O) groups excluding carboxylic acids is 2. The summed E-state index contributed by atoms with van der Waals surface area (Å²) in [5, 5.41) is 8.90. The number of urea groups is 1. The lowest BCUT2D eigenvalue weighted by molar-refractivity contribution is -0.138. The number of nitriles is 1. The van der Waals surface area contributed by atoms with Gasteiger partial charge in [0.15, 0.2) is 0 Å². The van der Waals surface area contributed by atoms with Gasteiger partial charge in [0.1, 0.15) is 0 Å². The summed E-state index contributed by atoms with van der Waals surface area (Å²) in [5.41, 5.74) is 0.413. The number of sulfonamides is 1. The topological polar surface area (TPSA) is 105 Å². The summed E-state index contributed by atoms with van der Waals surface area (Å²) < 4.78 is 27.2. The number of likely N-dealkylation sites (tertiary alicyclic amines) is 1. The summed E-state index contributed by atoms with van der Waals surface area (Å²) >= 11 is 0. The number of hydrogen-bond acceptors (Lipinski definition) is 5. The van der Waals surface area contributed by atoms with E-state index in [9.17, 15) is 18.0 Å². The molecule has 9 nitrogen and oxygen atoms in total. The van der Waals surface area contributed by atoms with E-state index in [2.05, 4.69) is 0 Å². The molecule has 178 valence electrons. The number of rotatable bonds is 3. The molecule has 0 bridgehead atoms. The van der Waals surface area contributed by atoms with Gasteiger partial charge in [-0.15, -0.1) is 0 Å². The highest BCUT2D eigenvalue weighted by Gasteiger charge is 2.35. The Balaban J connectivity index is 1.27. The lowest BCUT2D eigenvalue weighted by atomic mass is 9.96. The van der Waals surface area contributed by atoms with E-state index in [4.69, 9.17) is 5.26 Å². The summed E-state index contributed by atoms with van der Waals surface area (Å²) in [4.78, 5) is 31.5. The molecule has 4 rings (SSSR count). The van der Waals surface area contributed by atoms with Crippen LogP contribution in [0.3, 0.4) is 0 Å². The Morgan fingerprint density at radius 1 is 0.788 bits per heavy atom. The predicted octanol–water partition coefficient (Wildman–Crippen LogP) is 1.71. The van der Waals surface area contributed by atoms with Gasteiger partial charge in [0.2, 0.25) is 15.9 Å². The maximum Gasteiger partial charge on any atom is 0.320 e. The molecule has 10 heteroatoms. The molecule has 3 aliphatic rings. The first kappa shape index (κ1) is 23.5. The second kappa shape index (κ2) is 10.1. The molecule has 0 spiro atoms. The lowest BCUT2D eigenvalue weighted by Crippen LogP contribution is -2.56. The molecule has 0 atom stereocenters. The molecule has 3 aliphatic heterocycles. The Bertz CT molecular complexity index is 998. The smallest absolute Gasteiger partial charge is 0.320 e. The molecular weight excluding hydrogens is 442 g/mol. The SMILES string of the molecule is N#Cc1ccc(S(=O)(=O)N2CCC(C(=O)N3CCN(C(=O)N4CCCCC4)CC3)CC2)cc1. The number of amides is 3. The van der Waals surface area contributed by atoms with Crippen molar-refractivity contribution in [3.63, 3.8) is 0 Å². The third-order valence-corrected chi connectivity index (χ3v) is 8.83. The van der Waals surface area contributed by atoms with E-state index in [0.717, 1.165) is 25.9 Å². The average Bonchev–Trinajstić information content (AvgIpc) is 2.88. The molecule has 0 unspecified atom stereocenters. The second-order valence-corrected chi connectivity index (χ2v) is 10.9. The fraction of sp³-hybridized carbons (Fsp3) is 0.609. The van der Waals surface area contributed by atoms with Crippen molar-refractivity contribution < 1.29 is 18.0 Å².